The van der Waals surface area contributed by atoms with Crippen molar-refractivity contribution >= 4 is 11.9 Å². The van der Waals surface area contributed by atoms with E-state index in [1.54, 1.807) is 24.3 Å². The minimum atomic E-state index is -1.17. The number of benzene rings is 1. The van der Waals surface area contributed by atoms with Crippen LogP contribution in [-0.4, -0.2) is 39.8 Å². The Labute approximate surface area is 117 Å². The lowest BCUT2D eigenvalue weighted by molar-refractivity contribution is -0.137. The van der Waals surface area contributed by atoms with Crippen LogP contribution in [0.15, 0.2) is 24.3 Å². The third kappa shape index (κ3) is 4.99. The van der Waals surface area contributed by atoms with Crippen molar-refractivity contribution in [2.45, 2.75) is 32.0 Å². The Balaban J connectivity index is 2.77. The van der Waals surface area contributed by atoms with Crippen LogP contribution in [0.25, 0.3) is 0 Å². The first-order valence-corrected chi connectivity index (χ1v) is 6.32. The van der Waals surface area contributed by atoms with Crippen LogP contribution in [0.2, 0.25) is 0 Å². The molecular formula is C14H19NO5. The van der Waals surface area contributed by atoms with Gasteiger partial charge in [-0.3, -0.25) is 9.59 Å². The Morgan fingerprint density at radius 3 is 2.50 bits per heavy atom. The van der Waals surface area contributed by atoms with Gasteiger partial charge in [-0.15, -0.1) is 0 Å². The highest BCUT2D eigenvalue weighted by molar-refractivity contribution is 5.72. The number of hydrogen-bond donors (Lipinski definition) is 4. The lowest BCUT2D eigenvalue weighted by Crippen LogP contribution is -2.34. The summed E-state index contributed by atoms with van der Waals surface area (Å²) < 4.78 is 0. The molecule has 0 fully saturated rings. The number of carbonyl (C=O) groups excluding carboxylic acids is 1. The van der Waals surface area contributed by atoms with Gasteiger partial charge in [0, 0.05) is 19.9 Å². The standard InChI is InChI=1S/C14H19NO5/c1-9(16)15-8-12(17)14(20)11-5-3-2-4-10(11)6-7-13(18)19/h2-5,12,14,17,20H,6-8H2,1H3,(H,15,16)(H,18,19). The van der Waals surface area contributed by atoms with Crippen LogP contribution < -0.4 is 5.32 Å². The molecule has 0 heterocycles. The average molecular weight is 281 g/mol. The molecule has 20 heavy (non-hydrogen) atoms. The van der Waals surface area contributed by atoms with E-state index in [1.807, 2.05) is 0 Å². The number of aliphatic hydroxyl groups excluding tert-OH is 2. The monoisotopic (exact) mass is 281 g/mol. The summed E-state index contributed by atoms with van der Waals surface area (Å²) in [5.41, 5.74) is 1.15. The minimum Gasteiger partial charge on any atom is -0.481 e. The van der Waals surface area contributed by atoms with Crippen molar-refractivity contribution < 1.29 is 24.9 Å². The van der Waals surface area contributed by atoms with Gasteiger partial charge < -0.3 is 20.6 Å². The van der Waals surface area contributed by atoms with E-state index in [-0.39, 0.29) is 25.3 Å². The zero-order chi connectivity index (χ0) is 15.1. The summed E-state index contributed by atoms with van der Waals surface area (Å²) in [6, 6.07) is 6.80. The first-order valence-electron chi connectivity index (χ1n) is 6.32. The molecule has 1 rings (SSSR count). The summed E-state index contributed by atoms with van der Waals surface area (Å²) in [4.78, 5) is 21.4. The van der Waals surface area contributed by atoms with Crippen molar-refractivity contribution in [3.8, 4) is 0 Å². The Kier molecular flexibility index (Phi) is 6.14. The van der Waals surface area contributed by atoms with Crippen molar-refractivity contribution in [2.24, 2.45) is 0 Å². The van der Waals surface area contributed by atoms with Crippen molar-refractivity contribution in [3.63, 3.8) is 0 Å². The van der Waals surface area contributed by atoms with Crippen LogP contribution in [-0.2, 0) is 16.0 Å². The topological polar surface area (TPSA) is 107 Å². The molecule has 2 unspecified atom stereocenters. The molecule has 0 saturated carbocycles. The van der Waals surface area contributed by atoms with Crippen LogP contribution in [0.3, 0.4) is 0 Å². The zero-order valence-electron chi connectivity index (χ0n) is 11.2. The molecule has 0 bridgehead atoms. The minimum absolute atomic E-state index is 0.0501. The second-order valence-electron chi connectivity index (χ2n) is 4.54. The number of hydrogen-bond acceptors (Lipinski definition) is 4. The largest absolute Gasteiger partial charge is 0.481 e. The molecule has 0 aromatic heterocycles. The van der Waals surface area contributed by atoms with Crippen LogP contribution in [0, 0.1) is 0 Å². The second-order valence-corrected chi connectivity index (χ2v) is 4.54. The van der Waals surface area contributed by atoms with Gasteiger partial charge in [0.05, 0.1) is 0 Å². The number of carbonyl (C=O) groups is 2. The van der Waals surface area contributed by atoms with Gasteiger partial charge in [0.2, 0.25) is 5.91 Å². The fourth-order valence-electron chi connectivity index (χ4n) is 1.86. The van der Waals surface area contributed by atoms with E-state index >= 15 is 0 Å². The third-order valence-corrected chi connectivity index (χ3v) is 2.91. The van der Waals surface area contributed by atoms with Gasteiger partial charge in [-0.1, -0.05) is 24.3 Å². The fourth-order valence-corrected chi connectivity index (χ4v) is 1.86. The molecule has 0 aliphatic rings. The van der Waals surface area contributed by atoms with E-state index in [0.29, 0.717) is 11.1 Å². The quantitative estimate of drug-likeness (QED) is 0.572. The van der Waals surface area contributed by atoms with Crippen LogP contribution in [0.1, 0.15) is 30.6 Å². The summed E-state index contributed by atoms with van der Waals surface area (Å²) >= 11 is 0. The Bertz CT molecular complexity index is 474. The first kappa shape index (κ1) is 16.1. The lowest BCUT2D eigenvalue weighted by Gasteiger charge is -2.20. The average Bonchev–Trinajstić information content (AvgIpc) is 2.41. The molecule has 110 valence electrons. The normalized spacial score (nSPS) is 13.6. The van der Waals surface area contributed by atoms with Gasteiger partial charge >= 0.3 is 5.97 Å². The number of amides is 1. The van der Waals surface area contributed by atoms with Gasteiger partial charge in [-0.05, 0) is 17.5 Å². The van der Waals surface area contributed by atoms with Crippen molar-refractivity contribution in [3.05, 3.63) is 35.4 Å². The van der Waals surface area contributed by atoms with Crippen molar-refractivity contribution in [2.75, 3.05) is 6.54 Å². The first-order chi connectivity index (χ1) is 9.41. The molecule has 1 aromatic rings. The number of carboxylic acid groups (broad SMARTS) is 1. The smallest absolute Gasteiger partial charge is 0.303 e. The van der Waals surface area contributed by atoms with Gasteiger partial charge in [0.25, 0.3) is 0 Å². The molecule has 6 nitrogen and oxygen atoms in total. The maximum atomic E-state index is 10.8. The number of nitrogens with one attached hydrogen (secondary N) is 1. The van der Waals surface area contributed by atoms with Gasteiger partial charge in [-0.2, -0.15) is 0 Å². The highest BCUT2D eigenvalue weighted by Gasteiger charge is 2.21. The fraction of sp³-hybridized carbons (Fsp3) is 0.429. The van der Waals surface area contributed by atoms with Crippen LogP contribution in [0.5, 0.6) is 0 Å². The third-order valence-electron chi connectivity index (χ3n) is 2.91. The Morgan fingerprint density at radius 2 is 1.90 bits per heavy atom. The summed E-state index contributed by atoms with van der Waals surface area (Å²) in [6.45, 7) is 1.25. The summed E-state index contributed by atoms with van der Waals surface area (Å²) in [5.74, 6) is -1.22. The van der Waals surface area contributed by atoms with Crippen LogP contribution >= 0.6 is 0 Å². The molecule has 1 amide bonds. The molecule has 0 radical (unpaired) electrons. The van der Waals surface area contributed by atoms with E-state index in [2.05, 4.69) is 5.32 Å². The predicted molar refractivity (Wildman–Crippen MR) is 72.0 cm³/mol. The molecule has 2 atom stereocenters. The molecule has 0 aliphatic heterocycles. The SMILES string of the molecule is CC(=O)NCC(O)C(O)c1ccccc1CCC(=O)O. The molecule has 4 N–H and O–H groups in total. The zero-order valence-corrected chi connectivity index (χ0v) is 11.2. The highest BCUT2D eigenvalue weighted by Crippen LogP contribution is 2.22. The molecule has 1 aromatic carbocycles. The van der Waals surface area contributed by atoms with E-state index in [9.17, 15) is 19.8 Å². The van der Waals surface area contributed by atoms with Crippen molar-refractivity contribution in [1.82, 2.24) is 5.32 Å². The Hall–Kier alpha value is -1.92. The number of aliphatic hydroxyl groups is 2. The van der Waals surface area contributed by atoms with Crippen LogP contribution in [0.4, 0.5) is 0 Å². The summed E-state index contributed by atoms with van der Waals surface area (Å²) in [6.07, 6.45) is -2.10. The molecule has 6 heteroatoms. The highest BCUT2D eigenvalue weighted by atomic mass is 16.4. The number of carboxylic acids is 1. The lowest BCUT2D eigenvalue weighted by atomic mass is 9.95. The molecule has 0 spiro atoms. The van der Waals surface area contributed by atoms with Gasteiger partial charge in [0.1, 0.15) is 12.2 Å². The second kappa shape index (κ2) is 7.62. The maximum absolute atomic E-state index is 10.8. The van der Waals surface area contributed by atoms with E-state index in [0.717, 1.165) is 0 Å². The number of rotatable bonds is 7. The molecule has 0 saturated heterocycles. The van der Waals surface area contributed by atoms with E-state index < -0.39 is 18.2 Å². The van der Waals surface area contributed by atoms with Gasteiger partial charge in [-0.25, -0.2) is 0 Å². The van der Waals surface area contributed by atoms with E-state index in [4.69, 9.17) is 5.11 Å². The summed E-state index contributed by atoms with van der Waals surface area (Å²) in [5, 5.41) is 31.1. The van der Waals surface area contributed by atoms with Gasteiger partial charge in [0.15, 0.2) is 0 Å². The van der Waals surface area contributed by atoms with Crippen molar-refractivity contribution in [1.29, 1.82) is 0 Å². The number of aryl methyl sites for hydroxylation is 1. The predicted octanol–water partition coefficient (Wildman–Crippen LogP) is 0.234. The van der Waals surface area contributed by atoms with E-state index in [1.165, 1.54) is 6.92 Å². The molecular weight excluding hydrogens is 262 g/mol. The summed E-state index contributed by atoms with van der Waals surface area (Å²) in [7, 11) is 0. The number of aliphatic carboxylic acids is 1. The maximum Gasteiger partial charge on any atom is 0.303 e. The molecule has 0 aliphatic carbocycles. The Morgan fingerprint density at radius 1 is 1.25 bits per heavy atom.